The Morgan fingerprint density at radius 3 is 1.57 bits per heavy atom. The molecule has 0 aliphatic rings. The third kappa shape index (κ3) is 5.44. The van der Waals surface area contributed by atoms with Crippen LogP contribution in [0.4, 0.5) is 0 Å². The van der Waals surface area contributed by atoms with Crippen LogP contribution >= 0.6 is 8.58 Å². The third-order valence-corrected chi connectivity index (χ3v) is 5.30. The Morgan fingerprint density at radius 1 is 0.826 bits per heavy atom. The number of aliphatic hydroxyl groups excluding tert-OH is 1. The van der Waals surface area contributed by atoms with Crippen molar-refractivity contribution in [1.82, 2.24) is 0 Å². The first-order valence-corrected chi connectivity index (χ1v) is 9.58. The van der Waals surface area contributed by atoms with E-state index >= 15 is 0 Å². The highest BCUT2D eigenvalue weighted by Crippen LogP contribution is 2.36. The second kappa shape index (κ2) is 7.08. The van der Waals surface area contributed by atoms with E-state index in [0.29, 0.717) is 8.58 Å². The summed E-state index contributed by atoms with van der Waals surface area (Å²) in [5.74, 6) is 2.12. The van der Waals surface area contributed by atoms with E-state index in [1.165, 1.54) is 22.0 Å². The summed E-state index contributed by atoms with van der Waals surface area (Å²) < 4.78 is 0. The molecule has 1 nitrogen and oxygen atoms in total. The van der Waals surface area contributed by atoms with Crippen LogP contribution in [0, 0.1) is 0 Å². The molecule has 1 atom stereocenters. The van der Waals surface area contributed by atoms with Gasteiger partial charge in [0.1, 0.15) is 0 Å². The van der Waals surface area contributed by atoms with Gasteiger partial charge in [-0.05, 0) is 38.2 Å². The lowest BCUT2D eigenvalue weighted by Gasteiger charge is -2.33. The zero-order valence-corrected chi connectivity index (χ0v) is 17.5. The molecule has 0 heterocycles. The van der Waals surface area contributed by atoms with Gasteiger partial charge >= 0.3 is 0 Å². The highest BCUT2D eigenvalue weighted by Gasteiger charge is 2.28. The minimum absolute atomic E-state index is 0.108. The lowest BCUT2D eigenvalue weighted by Crippen LogP contribution is -2.30. The lowest BCUT2D eigenvalue weighted by molar-refractivity contribution is 0.343. The molecule has 0 spiro atoms. The molecule has 1 rings (SSSR count). The first-order valence-electron chi connectivity index (χ1n) is 8.50. The SMILES string of the molecule is CC(C)(C)c1cc(C(C)(C)C)c(P/C=C\CO)c(C(C)(C)C)c1. The van der Waals surface area contributed by atoms with E-state index in [9.17, 15) is 0 Å². The van der Waals surface area contributed by atoms with Crippen molar-refractivity contribution in [3.63, 3.8) is 0 Å². The predicted molar refractivity (Wildman–Crippen MR) is 107 cm³/mol. The summed E-state index contributed by atoms with van der Waals surface area (Å²) in [5, 5.41) is 10.5. The molecule has 1 aromatic rings. The first-order chi connectivity index (χ1) is 10.3. The van der Waals surface area contributed by atoms with Gasteiger partial charge in [0.05, 0.1) is 6.61 Å². The molecule has 23 heavy (non-hydrogen) atoms. The molecular formula is C21H35OP. The van der Waals surface area contributed by atoms with Crippen LogP contribution in [0.1, 0.15) is 79.0 Å². The molecule has 2 heteroatoms. The minimum Gasteiger partial charge on any atom is -0.392 e. The second-order valence-electron chi connectivity index (χ2n) is 9.43. The fourth-order valence-electron chi connectivity index (χ4n) is 2.61. The van der Waals surface area contributed by atoms with Crippen molar-refractivity contribution >= 4 is 13.9 Å². The van der Waals surface area contributed by atoms with Crippen LogP contribution in [0.15, 0.2) is 24.0 Å². The van der Waals surface area contributed by atoms with Crippen LogP contribution in [0.3, 0.4) is 0 Å². The van der Waals surface area contributed by atoms with Crippen molar-refractivity contribution in [2.24, 2.45) is 0 Å². The molecule has 0 radical (unpaired) electrons. The van der Waals surface area contributed by atoms with Gasteiger partial charge in [0, 0.05) is 0 Å². The summed E-state index contributed by atoms with van der Waals surface area (Å²) in [7, 11) is 0.595. The number of hydrogen-bond donors (Lipinski definition) is 1. The molecule has 130 valence electrons. The Morgan fingerprint density at radius 2 is 1.26 bits per heavy atom. The van der Waals surface area contributed by atoms with Crippen molar-refractivity contribution in [3.8, 4) is 0 Å². The molecule has 0 bridgehead atoms. The molecular weight excluding hydrogens is 299 g/mol. The van der Waals surface area contributed by atoms with E-state index in [4.69, 9.17) is 5.11 Å². The van der Waals surface area contributed by atoms with Gasteiger partial charge in [0.25, 0.3) is 0 Å². The quantitative estimate of drug-likeness (QED) is 0.735. The van der Waals surface area contributed by atoms with E-state index in [2.05, 4.69) is 80.3 Å². The maximum Gasteiger partial charge on any atom is 0.0615 e. The van der Waals surface area contributed by atoms with Crippen LogP contribution < -0.4 is 5.30 Å². The molecule has 1 N–H and O–H groups in total. The van der Waals surface area contributed by atoms with Crippen molar-refractivity contribution in [2.45, 2.75) is 78.6 Å². The lowest BCUT2D eigenvalue weighted by atomic mass is 9.75. The van der Waals surface area contributed by atoms with Crippen LogP contribution in [0.2, 0.25) is 0 Å². The number of rotatable bonds is 3. The van der Waals surface area contributed by atoms with Gasteiger partial charge in [-0.25, -0.2) is 0 Å². The van der Waals surface area contributed by atoms with Gasteiger partial charge in [-0.3, -0.25) is 0 Å². The van der Waals surface area contributed by atoms with Crippen molar-refractivity contribution in [3.05, 3.63) is 40.7 Å². The van der Waals surface area contributed by atoms with E-state index in [0.717, 1.165) is 0 Å². The van der Waals surface area contributed by atoms with Crippen LogP contribution in [0.25, 0.3) is 0 Å². The van der Waals surface area contributed by atoms with Gasteiger partial charge in [-0.2, -0.15) is 0 Å². The Labute approximate surface area is 145 Å². The van der Waals surface area contributed by atoms with Gasteiger partial charge < -0.3 is 5.11 Å². The maximum atomic E-state index is 9.07. The first kappa shape index (κ1) is 20.4. The summed E-state index contributed by atoms with van der Waals surface area (Å²) in [6, 6.07) is 4.81. The highest BCUT2D eigenvalue weighted by molar-refractivity contribution is 7.50. The smallest absolute Gasteiger partial charge is 0.0615 e. The van der Waals surface area contributed by atoms with Gasteiger partial charge in [-0.15, -0.1) is 0 Å². The van der Waals surface area contributed by atoms with E-state index < -0.39 is 0 Å². The normalized spacial score (nSPS) is 14.3. The van der Waals surface area contributed by atoms with E-state index in [-0.39, 0.29) is 22.9 Å². The molecule has 0 amide bonds. The summed E-state index contributed by atoms with van der Waals surface area (Å²) in [4.78, 5) is 0. The Hall–Kier alpha value is -0.650. The summed E-state index contributed by atoms with van der Waals surface area (Å²) >= 11 is 0. The molecule has 0 saturated heterocycles. The standard InChI is InChI=1S/C21H35OP/c1-19(2,3)15-13-16(20(4,5)6)18(23-12-10-11-22)17(14-15)21(7,8)9/h10,12-14,22-23H,11H2,1-9H3/b12-10-. The monoisotopic (exact) mass is 334 g/mol. The fraction of sp³-hybridized carbons (Fsp3) is 0.619. The number of benzene rings is 1. The van der Waals surface area contributed by atoms with Crippen LogP contribution in [0.5, 0.6) is 0 Å². The topological polar surface area (TPSA) is 20.2 Å². The average molecular weight is 334 g/mol. The fourth-order valence-corrected chi connectivity index (χ4v) is 4.20. The zero-order chi connectivity index (χ0) is 18.1. The Balaban J connectivity index is 3.71. The highest BCUT2D eigenvalue weighted by atomic mass is 31.1. The van der Waals surface area contributed by atoms with Crippen molar-refractivity contribution in [1.29, 1.82) is 0 Å². The second-order valence-corrected chi connectivity index (χ2v) is 10.5. The number of hydrogen-bond acceptors (Lipinski definition) is 1. The predicted octanol–water partition coefficient (Wildman–Crippen LogP) is 5.39. The summed E-state index contributed by atoms with van der Waals surface area (Å²) in [5.41, 5.74) is 4.65. The molecule has 0 aliphatic carbocycles. The van der Waals surface area contributed by atoms with Gasteiger partial charge in [0.15, 0.2) is 0 Å². The van der Waals surface area contributed by atoms with Crippen molar-refractivity contribution in [2.75, 3.05) is 6.61 Å². The molecule has 0 saturated carbocycles. The van der Waals surface area contributed by atoms with Gasteiger partial charge in [-0.1, -0.05) is 94.9 Å². The molecule has 0 aromatic heterocycles. The van der Waals surface area contributed by atoms with Crippen LogP contribution in [-0.4, -0.2) is 11.7 Å². The largest absolute Gasteiger partial charge is 0.392 e. The van der Waals surface area contributed by atoms with E-state index in [1.54, 1.807) is 0 Å². The molecule has 1 unspecified atom stereocenters. The average Bonchev–Trinajstić information content (AvgIpc) is 2.35. The third-order valence-electron chi connectivity index (χ3n) is 4.07. The van der Waals surface area contributed by atoms with Crippen molar-refractivity contribution < 1.29 is 5.11 Å². The molecule has 1 aromatic carbocycles. The maximum absolute atomic E-state index is 9.07. The summed E-state index contributed by atoms with van der Waals surface area (Å²) in [6.45, 7) is 20.8. The Kier molecular flexibility index (Phi) is 6.27. The summed E-state index contributed by atoms with van der Waals surface area (Å²) in [6.07, 6.45) is 1.86. The number of aliphatic hydroxyl groups is 1. The zero-order valence-electron chi connectivity index (χ0n) is 16.5. The molecule has 0 fully saturated rings. The minimum atomic E-state index is 0.108. The Bertz CT molecular complexity index is 528. The van der Waals surface area contributed by atoms with Gasteiger partial charge in [0.2, 0.25) is 0 Å². The molecule has 0 aliphatic heterocycles. The van der Waals surface area contributed by atoms with E-state index in [1.807, 2.05) is 6.08 Å². The van der Waals surface area contributed by atoms with Crippen LogP contribution in [-0.2, 0) is 16.2 Å².